The minimum Gasteiger partial charge on any atom is -0.324 e. The summed E-state index contributed by atoms with van der Waals surface area (Å²) in [6.07, 6.45) is 2.83. The van der Waals surface area contributed by atoms with Gasteiger partial charge in [-0.25, -0.2) is 18.1 Å². The van der Waals surface area contributed by atoms with Crippen molar-refractivity contribution in [3.63, 3.8) is 0 Å². The van der Waals surface area contributed by atoms with Crippen LogP contribution in [0.5, 0.6) is 0 Å². The first-order valence-electron chi connectivity index (χ1n) is 10.4. The molecule has 11 heteroatoms. The number of amides is 2. The molecule has 1 unspecified atom stereocenters. The van der Waals surface area contributed by atoms with Gasteiger partial charge in [-0.15, -0.1) is 0 Å². The first-order chi connectivity index (χ1) is 15.8. The molecule has 1 heterocycles. The zero-order valence-corrected chi connectivity index (χ0v) is 19.4. The number of hydrogen-bond acceptors (Lipinski definition) is 6. The van der Waals surface area contributed by atoms with Gasteiger partial charge in [0.2, 0.25) is 15.9 Å². The Bertz CT molecular complexity index is 1190. The van der Waals surface area contributed by atoms with Crippen molar-refractivity contribution in [3.05, 3.63) is 66.7 Å². The van der Waals surface area contributed by atoms with Crippen molar-refractivity contribution in [1.82, 2.24) is 19.1 Å². The monoisotopic (exact) mass is 470 g/mol. The molecule has 0 aliphatic heterocycles. The fraction of sp³-hybridized carbons (Fsp3) is 0.273. The van der Waals surface area contributed by atoms with Crippen LogP contribution in [0.15, 0.2) is 66.1 Å². The van der Waals surface area contributed by atoms with Crippen LogP contribution in [-0.2, 0) is 14.8 Å². The van der Waals surface area contributed by atoms with E-state index in [4.69, 9.17) is 0 Å². The SMILES string of the molecule is CCN(CC)S(=O)(=O)c1ccc(C(=O)Nc2ccc(NC(=O)C(C)n3cncn3)cc2)cc1. The molecule has 10 nitrogen and oxygen atoms in total. The molecule has 2 aromatic carbocycles. The van der Waals surface area contributed by atoms with Crippen molar-refractivity contribution in [2.45, 2.75) is 31.7 Å². The summed E-state index contributed by atoms with van der Waals surface area (Å²) < 4.78 is 27.9. The molecule has 0 fully saturated rings. The number of carbonyl (C=O) groups is 2. The molecule has 3 aromatic rings. The summed E-state index contributed by atoms with van der Waals surface area (Å²) in [4.78, 5) is 28.8. The van der Waals surface area contributed by atoms with E-state index < -0.39 is 16.1 Å². The van der Waals surface area contributed by atoms with Gasteiger partial charge in [0.1, 0.15) is 18.7 Å². The third-order valence-electron chi connectivity index (χ3n) is 5.08. The quantitative estimate of drug-likeness (QED) is 0.495. The lowest BCUT2D eigenvalue weighted by atomic mass is 10.2. The van der Waals surface area contributed by atoms with Crippen LogP contribution in [0.4, 0.5) is 11.4 Å². The number of rotatable bonds is 9. The molecule has 1 aromatic heterocycles. The number of nitrogens with zero attached hydrogens (tertiary/aromatic N) is 4. The molecule has 3 rings (SSSR count). The second kappa shape index (κ2) is 10.4. The van der Waals surface area contributed by atoms with Crippen molar-refractivity contribution in [1.29, 1.82) is 0 Å². The van der Waals surface area contributed by atoms with Gasteiger partial charge in [-0.05, 0) is 55.5 Å². The van der Waals surface area contributed by atoms with E-state index in [0.29, 0.717) is 30.0 Å². The third-order valence-corrected chi connectivity index (χ3v) is 7.15. The van der Waals surface area contributed by atoms with Crippen LogP contribution in [0.2, 0.25) is 0 Å². The number of hydrogen-bond donors (Lipinski definition) is 2. The first-order valence-corrected chi connectivity index (χ1v) is 11.9. The smallest absolute Gasteiger partial charge is 0.255 e. The molecule has 0 aliphatic carbocycles. The van der Waals surface area contributed by atoms with Crippen LogP contribution in [-0.4, -0.2) is 52.4 Å². The predicted molar refractivity (Wildman–Crippen MR) is 124 cm³/mol. The Balaban J connectivity index is 1.62. The van der Waals surface area contributed by atoms with Crippen molar-refractivity contribution in [3.8, 4) is 0 Å². The molecule has 2 N–H and O–H groups in total. The zero-order valence-electron chi connectivity index (χ0n) is 18.6. The minimum absolute atomic E-state index is 0.142. The summed E-state index contributed by atoms with van der Waals surface area (Å²) in [5, 5.41) is 9.49. The molecule has 33 heavy (non-hydrogen) atoms. The standard InChI is InChI=1S/C22H26N6O4S/c1-4-27(5-2)33(31,32)20-12-6-17(7-13-20)22(30)26-19-10-8-18(9-11-19)25-21(29)16(3)28-15-23-14-24-28/h6-16H,4-5H2,1-3H3,(H,25,29)(H,26,30). The molecule has 1 atom stereocenters. The van der Waals surface area contributed by atoms with Gasteiger partial charge in [0.15, 0.2) is 0 Å². The normalized spacial score (nSPS) is 12.4. The van der Waals surface area contributed by atoms with Gasteiger partial charge in [0.05, 0.1) is 4.90 Å². The Morgan fingerprint density at radius 2 is 1.55 bits per heavy atom. The van der Waals surface area contributed by atoms with Gasteiger partial charge in [-0.2, -0.15) is 9.40 Å². The maximum absolute atomic E-state index is 12.6. The molecule has 0 saturated heterocycles. The summed E-state index contributed by atoms with van der Waals surface area (Å²) in [5.41, 5.74) is 1.42. The molecule has 0 bridgehead atoms. The molecule has 0 aliphatic rings. The largest absolute Gasteiger partial charge is 0.324 e. The number of carbonyl (C=O) groups excluding carboxylic acids is 2. The fourth-order valence-electron chi connectivity index (χ4n) is 3.12. The van der Waals surface area contributed by atoms with Gasteiger partial charge in [-0.3, -0.25) is 9.59 Å². The van der Waals surface area contributed by atoms with E-state index in [1.165, 1.54) is 45.9 Å². The summed E-state index contributed by atoms with van der Waals surface area (Å²) in [5.74, 6) is -0.629. The molecule has 2 amide bonds. The first kappa shape index (κ1) is 24.1. The Morgan fingerprint density at radius 1 is 0.970 bits per heavy atom. The highest BCUT2D eigenvalue weighted by Crippen LogP contribution is 2.19. The Hall–Kier alpha value is -3.57. The van der Waals surface area contributed by atoms with E-state index in [9.17, 15) is 18.0 Å². The molecule has 0 spiro atoms. The predicted octanol–water partition coefficient (Wildman–Crippen LogP) is 2.76. The van der Waals surface area contributed by atoms with Crippen LogP contribution < -0.4 is 10.6 Å². The van der Waals surface area contributed by atoms with E-state index in [2.05, 4.69) is 20.7 Å². The van der Waals surface area contributed by atoms with Crippen molar-refractivity contribution < 1.29 is 18.0 Å². The molecule has 0 saturated carbocycles. The van der Waals surface area contributed by atoms with E-state index in [1.54, 1.807) is 45.0 Å². The lowest BCUT2D eigenvalue weighted by Crippen LogP contribution is -2.30. The number of benzene rings is 2. The average Bonchev–Trinajstić information content (AvgIpc) is 3.35. The highest BCUT2D eigenvalue weighted by molar-refractivity contribution is 7.89. The lowest BCUT2D eigenvalue weighted by molar-refractivity contribution is -0.119. The molecule has 174 valence electrons. The minimum atomic E-state index is -3.58. The van der Waals surface area contributed by atoms with Crippen LogP contribution in [0.25, 0.3) is 0 Å². The maximum Gasteiger partial charge on any atom is 0.255 e. The maximum atomic E-state index is 12.6. The van der Waals surface area contributed by atoms with Crippen molar-refractivity contribution in [2.24, 2.45) is 0 Å². The van der Waals surface area contributed by atoms with Gasteiger partial charge in [0, 0.05) is 30.0 Å². The Labute approximate surface area is 192 Å². The van der Waals surface area contributed by atoms with Gasteiger partial charge < -0.3 is 10.6 Å². The summed E-state index contributed by atoms with van der Waals surface area (Å²) >= 11 is 0. The van der Waals surface area contributed by atoms with Crippen LogP contribution >= 0.6 is 0 Å². The fourth-order valence-corrected chi connectivity index (χ4v) is 4.57. The van der Waals surface area contributed by atoms with Gasteiger partial charge in [-0.1, -0.05) is 13.8 Å². The summed E-state index contributed by atoms with van der Waals surface area (Å²) in [6, 6.07) is 11.9. The average molecular weight is 471 g/mol. The lowest BCUT2D eigenvalue weighted by Gasteiger charge is -2.18. The number of nitrogens with one attached hydrogen (secondary N) is 2. The number of aromatic nitrogens is 3. The molecular formula is C22H26N6O4S. The Morgan fingerprint density at radius 3 is 2.06 bits per heavy atom. The molecule has 0 radical (unpaired) electrons. The number of anilines is 2. The molecular weight excluding hydrogens is 444 g/mol. The van der Waals surface area contributed by atoms with E-state index >= 15 is 0 Å². The van der Waals surface area contributed by atoms with E-state index in [1.807, 2.05) is 0 Å². The zero-order chi connectivity index (χ0) is 24.0. The topological polar surface area (TPSA) is 126 Å². The van der Waals surface area contributed by atoms with Crippen molar-refractivity contribution >= 4 is 33.2 Å². The second-order valence-electron chi connectivity index (χ2n) is 7.19. The van der Waals surface area contributed by atoms with Crippen LogP contribution in [0.3, 0.4) is 0 Å². The van der Waals surface area contributed by atoms with E-state index in [0.717, 1.165) is 0 Å². The summed E-state index contributed by atoms with van der Waals surface area (Å²) in [7, 11) is -3.58. The number of sulfonamides is 1. The Kier molecular flexibility index (Phi) is 7.56. The highest BCUT2D eigenvalue weighted by atomic mass is 32.2. The third kappa shape index (κ3) is 5.62. The summed E-state index contributed by atoms with van der Waals surface area (Å²) in [6.45, 7) is 6.00. The van der Waals surface area contributed by atoms with E-state index in [-0.39, 0.29) is 16.7 Å². The van der Waals surface area contributed by atoms with Gasteiger partial charge in [0.25, 0.3) is 5.91 Å². The van der Waals surface area contributed by atoms with Crippen LogP contribution in [0.1, 0.15) is 37.2 Å². The van der Waals surface area contributed by atoms with Gasteiger partial charge >= 0.3 is 0 Å². The highest BCUT2D eigenvalue weighted by Gasteiger charge is 2.21. The van der Waals surface area contributed by atoms with Crippen molar-refractivity contribution in [2.75, 3.05) is 23.7 Å². The second-order valence-corrected chi connectivity index (χ2v) is 9.12. The van der Waals surface area contributed by atoms with Crippen LogP contribution in [0, 0.1) is 0 Å².